The van der Waals surface area contributed by atoms with Gasteiger partial charge in [0.25, 0.3) is 0 Å². The third kappa shape index (κ3) is 3.32. The summed E-state index contributed by atoms with van der Waals surface area (Å²) in [6.07, 6.45) is 5.55. The zero-order valence-electron chi connectivity index (χ0n) is 13.9. The number of aryl methyl sites for hydroxylation is 2. The second kappa shape index (κ2) is 6.50. The number of rotatable bonds is 6. The highest BCUT2D eigenvalue weighted by Crippen LogP contribution is 2.38. The van der Waals surface area contributed by atoms with Crippen molar-refractivity contribution in [3.8, 4) is 0 Å². The van der Waals surface area contributed by atoms with Crippen molar-refractivity contribution in [1.29, 1.82) is 0 Å². The molecule has 0 amide bonds. The van der Waals surface area contributed by atoms with Crippen molar-refractivity contribution >= 4 is 0 Å². The SMILES string of the molecule is CCCNC(CN1CC2CCC1C2)c1ccc(C)cc1C. The average molecular weight is 286 g/mol. The van der Waals surface area contributed by atoms with Crippen molar-refractivity contribution in [3.63, 3.8) is 0 Å². The molecule has 2 bridgehead atoms. The molecular weight excluding hydrogens is 256 g/mol. The fraction of sp³-hybridized carbons (Fsp3) is 0.684. The number of likely N-dealkylation sites (tertiary alicyclic amines) is 1. The van der Waals surface area contributed by atoms with Gasteiger partial charge in [-0.15, -0.1) is 0 Å². The van der Waals surface area contributed by atoms with Crippen molar-refractivity contribution in [2.24, 2.45) is 5.92 Å². The van der Waals surface area contributed by atoms with Crippen LogP contribution in [0.5, 0.6) is 0 Å². The van der Waals surface area contributed by atoms with E-state index in [1.54, 1.807) is 0 Å². The fourth-order valence-corrected chi connectivity index (χ4v) is 4.29. The van der Waals surface area contributed by atoms with Crippen molar-refractivity contribution < 1.29 is 0 Å². The maximum absolute atomic E-state index is 3.79. The molecule has 2 heteroatoms. The first-order valence-corrected chi connectivity index (χ1v) is 8.72. The first kappa shape index (κ1) is 15.1. The van der Waals surface area contributed by atoms with Gasteiger partial charge in [-0.25, -0.2) is 0 Å². The minimum absolute atomic E-state index is 0.491. The van der Waals surface area contributed by atoms with E-state index in [1.165, 1.54) is 55.5 Å². The van der Waals surface area contributed by atoms with Crippen LogP contribution in [0, 0.1) is 19.8 Å². The van der Waals surface area contributed by atoms with Gasteiger partial charge in [-0.2, -0.15) is 0 Å². The molecule has 0 aromatic heterocycles. The van der Waals surface area contributed by atoms with Gasteiger partial charge in [-0.3, -0.25) is 4.90 Å². The molecular formula is C19H30N2. The average Bonchev–Trinajstić information content (AvgIpc) is 3.06. The van der Waals surface area contributed by atoms with E-state index in [0.717, 1.165) is 18.5 Å². The maximum atomic E-state index is 3.79. The molecule has 1 aliphatic heterocycles. The molecule has 2 nitrogen and oxygen atoms in total. The van der Waals surface area contributed by atoms with Crippen molar-refractivity contribution in [3.05, 3.63) is 34.9 Å². The van der Waals surface area contributed by atoms with Crippen LogP contribution in [0.1, 0.15) is 55.3 Å². The quantitative estimate of drug-likeness (QED) is 0.855. The van der Waals surface area contributed by atoms with E-state index < -0.39 is 0 Å². The Morgan fingerprint density at radius 3 is 2.76 bits per heavy atom. The zero-order valence-corrected chi connectivity index (χ0v) is 13.9. The van der Waals surface area contributed by atoms with Crippen LogP contribution in [0.25, 0.3) is 0 Å². The standard InChI is InChI=1S/C19H30N2/c1-4-9-20-19(18-8-5-14(2)10-15(18)3)13-21-12-16-6-7-17(21)11-16/h5,8,10,16-17,19-20H,4,6-7,9,11-13H2,1-3H3. The summed E-state index contributed by atoms with van der Waals surface area (Å²) in [6.45, 7) is 10.3. The van der Waals surface area contributed by atoms with Gasteiger partial charge in [0.15, 0.2) is 0 Å². The van der Waals surface area contributed by atoms with E-state index >= 15 is 0 Å². The first-order valence-electron chi connectivity index (χ1n) is 8.72. The predicted octanol–water partition coefficient (Wildman–Crippen LogP) is 3.83. The van der Waals surface area contributed by atoms with Gasteiger partial charge < -0.3 is 5.32 Å². The number of nitrogens with one attached hydrogen (secondary N) is 1. The van der Waals surface area contributed by atoms with E-state index in [1.807, 2.05) is 0 Å². The van der Waals surface area contributed by atoms with E-state index in [2.05, 4.69) is 49.2 Å². The molecule has 3 rings (SSSR count). The lowest BCUT2D eigenvalue weighted by molar-refractivity contribution is 0.191. The molecule has 1 saturated carbocycles. The monoisotopic (exact) mass is 286 g/mol. The smallest absolute Gasteiger partial charge is 0.0452 e. The Hall–Kier alpha value is -0.860. The highest BCUT2D eigenvalue weighted by Gasteiger charge is 2.38. The first-order chi connectivity index (χ1) is 10.2. The minimum Gasteiger partial charge on any atom is -0.309 e. The molecule has 3 atom stereocenters. The molecule has 21 heavy (non-hydrogen) atoms. The molecule has 1 aliphatic carbocycles. The van der Waals surface area contributed by atoms with Crippen LogP contribution in [0.2, 0.25) is 0 Å². The van der Waals surface area contributed by atoms with Crippen LogP contribution in [-0.4, -0.2) is 30.6 Å². The predicted molar refractivity (Wildman–Crippen MR) is 89.7 cm³/mol. The van der Waals surface area contributed by atoms with E-state index in [0.29, 0.717) is 6.04 Å². The molecule has 0 spiro atoms. The Labute approximate surface area is 129 Å². The number of piperidine rings is 1. The van der Waals surface area contributed by atoms with Gasteiger partial charge in [-0.05, 0) is 63.1 Å². The summed E-state index contributed by atoms with van der Waals surface area (Å²) in [5.41, 5.74) is 4.30. The van der Waals surface area contributed by atoms with Gasteiger partial charge in [0, 0.05) is 25.2 Å². The Morgan fingerprint density at radius 2 is 2.14 bits per heavy atom. The van der Waals surface area contributed by atoms with Crippen LogP contribution in [0.3, 0.4) is 0 Å². The summed E-state index contributed by atoms with van der Waals surface area (Å²) in [5, 5.41) is 3.79. The number of benzene rings is 1. The van der Waals surface area contributed by atoms with Crippen molar-refractivity contribution in [2.45, 2.75) is 58.5 Å². The van der Waals surface area contributed by atoms with E-state index in [-0.39, 0.29) is 0 Å². The Morgan fingerprint density at radius 1 is 1.29 bits per heavy atom. The van der Waals surface area contributed by atoms with Crippen LogP contribution in [0.4, 0.5) is 0 Å². The van der Waals surface area contributed by atoms with Crippen molar-refractivity contribution in [1.82, 2.24) is 10.2 Å². The Bertz CT molecular complexity index is 482. The molecule has 1 heterocycles. The molecule has 116 valence electrons. The second-order valence-electron chi connectivity index (χ2n) is 7.15. The highest BCUT2D eigenvalue weighted by molar-refractivity contribution is 5.33. The van der Waals surface area contributed by atoms with E-state index in [9.17, 15) is 0 Å². The molecule has 1 aromatic carbocycles. The lowest BCUT2D eigenvalue weighted by atomic mass is 9.98. The van der Waals surface area contributed by atoms with Crippen LogP contribution >= 0.6 is 0 Å². The third-order valence-corrected chi connectivity index (χ3v) is 5.38. The van der Waals surface area contributed by atoms with Crippen molar-refractivity contribution in [2.75, 3.05) is 19.6 Å². The largest absolute Gasteiger partial charge is 0.309 e. The number of hydrogen-bond donors (Lipinski definition) is 1. The van der Waals surface area contributed by atoms with Gasteiger partial charge >= 0.3 is 0 Å². The maximum Gasteiger partial charge on any atom is 0.0452 e. The fourth-order valence-electron chi connectivity index (χ4n) is 4.29. The van der Waals surface area contributed by atoms with Crippen LogP contribution in [0.15, 0.2) is 18.2 Å². The van der Waals surface area contributed by atoms with Gasteiger partial charge in [0.2, 0.25) is 0 Å². The summed E-state index contributed by atoms with van der Waals surface area (Å²) >= 11 is 0. The minimum atomic E-state index is 0.491. The normalized spacial score (nSPS) is 26.4. The molecule has 1 aromatic rings. The third-order valence-electron chi connectivity index (χ3n) is 5.38. The zero-order chi connectivity index (χ0) is 14.8. The van der Waals surface area contributed by atoms with Crippen LogP contribution < -0.4 is 5.32 Å². The Balaban J connectivity index is 1.74. The van der Waals surface area contributed by atoms with E-state index in [4.69, 9.17) is 0 Å². The summed E-state index contributed by atoms with van der Waals surface area (Å²) in [5.74, 6) is 0.987. The lowest BCUT2D eigenvalue weighted by Crippen LogP contribution is -2.40. The molecule has 1 N–H and O–H groups in total. The molecule has 2 fully saturated rings. The summed E-state index contributed by atoms with van der Waals surface area (Å²) < 4.78 is 0. The number of hydrogen-bond acceptors (Lipinski definition) is 2. The molecule has 3 unspecified atom stereocenters. The van der Waals surface area contributed by atoms with Gasteiger partial charge in [0.1, 0.15) is 0 Å². The van der Waals surface area contributed by atoms with Crippen LogP contribution in [-0.2, 0) is 0 Å². The number of nitrogens with zero attached hydrogens (tertiary/aromatic N) is 1. The summed E-state index contributed by atoms with van der Waals surface area (Å²) in [4.78, 5) is 2.75. The summed E-state index contributed by atoms with van der Waals surface area (Å²) in [6, 6.07) is 8.29. The molecule has 0 radical (unpaired) electrons. The van der Waals surface area contributed by atoms with Gasteiger partial charge in [0.05, 0.1) is 0 Å². The Kier molecular flexibility index (Phi) is 4.66. The molecule has 2 aliphatic rings. The number of fused-ring (bicyclic) bond motifs is 2. The second-order valence-corrected chi connectivity index (χ2v) is 7.15. The lowest BCUT2D eigenvalue weighted by Gasteiger charge is -2.32. The topological polar surface area (TPSA) is 15.3 Å². The molecule has 1 saturated heterocycles. The highest BCUT2D eigenvalue weighted by atomic mass is 15.2. The van der Waals surface area contributed by atoms with Gasteiger partial charge in [-0.1, -0.05) is 30.7 Å². The summed E-state index contributed by atoms with van der Waals surface area (Å²) in [7, 11) is 0.